The number of hydrogen-bond acceptors (Lipinski definition) is 4. The number of nitrogen functional groups attached to an aromatic ring is 1. The first-order valence-electron chi connectivity index (χ1n) is 4.59. The molecule has 0 aliphatic heterocycles. The first kappa shape index (κ1) is 12.4. The van der Waals surface area contributed by atoms with Gasteiger partial charge in [-0.1, -0.05) is 12.1 Å². The maximum atomic E-state index is 10.8. The molecule has 0 bridgehead atoms. The summed E-state index contributed by atoms with van der Waals surface area (Å²) in [6.07, 6.45) is 0. The highest BCUT2D eigenvalue weighted by Gasteiger charge is 2.14. The summed E-state index contributed by atoms with van der Waals surface area (Å²) in [5, 5.41) is 18.9. The van der Waals surface area contributed by atoms with Crippen molar-refractivity contribution in [1.29, 1.82) is 5.41 Å². The number of carboxylic acids is 1. The van der Waals surface area contributed by atoms with Gasteiger partial charge in [0.05, 0.1) is 0 Å². The van der Waals surface area contributed by atoms with Crippen LogP contribution in [0.25, 0.3) is 0 Å². The molecule has 6 heteroatoms. The zero-order chi connectivity index (χ0) is 12.1. The average molecular weight is 239 g/mol. The Morgan fingerprint density at radius 1 is 1.62 bits per heavy atom. The van der Waals surface area contributed by atoms with E-state index in [-0.39, 0.29) is 11.6 Å². The fourth-order valence-electron chi connectivity index (χ4n) is 1.16. The van der Waals surface area contributed by atoms with Crippen LogP contribution in [0.2, 0.25) is 0 Å². The number of rotatable bonds is 5. The van der Waals surface area contributed by atoms with E-state index in [2.05, 4.69) is 17.9 Å². The van der Waals surface area contributed by atoms with Gasteiger partial charge in [-0.25, -0.2) is 4.79 Å². The van der Waals surface area contributed by atoms with Gasteiger partial charge in [-0.3, -0.25) is 5.41 Å². The van der Waals surface area contributed by atoms with Crippen LogP contribution in [-0.2, 0) is 4.79 Å². The number of nitrogens with one attached hydrogen (secondary N) is 2. The van der Waals surface area contributed by atoms with Crippen LogP contribution in [0.15, 0.2) is 24.3 Å². The summed E-state index contributed by atoms with van der Waals surface area (Å²) in [5.74, 6) is -0.843. The van der Waals surface area contributed by atoms with Crippen molar-refractivity contribution in [3.8, 4) is 0 Å². The lowest BCUT2D eigenvalue weighted by molar-refractivity contribution is -0.137. The van der Waals surface area contributed by atoms with Gasteiger partial charge in [0.15, 0.2) is 0 Å². The topological polar surface area (TPSA) is 99.2 Å². The summed E-state index contributed by atoms with van der Waals surface area (Å²) in [7, 11) is 0. The lowest BCUT2D eigenvalue weighted by atomic mass is 10.1. The third-order valence-corrected chi connectivity index (χ3v) is 2.36. The lowest BCUT2D eigenvalue weighted by Crippen LogP contribution is -2.31. The Hall–Kier alpha value is -1.69. The van der Waals surface area contributed by atoms with E-state index >= 15 is 0 Å². The highest BCUT2D eigenvalue weighted by molar-refractivity contribution is 7.80. The molecule has 0 radical (unpaired) electrons. The molecule has 1 atom stereocenters. The van der Waals surface area contributed by atoms with Gasteiger partial charge in [0.2, 0.25) is 0 Å². The fourth-order valence-corrected chi connectivity index (χ4v) is 1.41. The Balaban J connectivity index is 2.84. The van der Waals surface area contributed by atoms with Gasteiger partial charge in [0.1, 0.15) is 11.9 Å². The molecule has 0 unspecified atom stereocenters. The quantitative estimate of drug-likeness (QED) is 0.297. The first-order valence-corrected chi connectivity index (χ1v) is 5.22. The predicted octanol–water partition coefficient (Wildman–Crippen LogP) is 0.766. The monoisotopic (exact) mass is 239 g/mol. The summed E-state index contributed by atoms with van der Waals surface area (Å²) in [5.41, 5.74) is 6.48. The SMILES string of the molecule is N=C(N)c1cccc(N[C@@H](CS)C(=O)O)c1. The number of nitrogens with two attached hydrogens (primary N) is 1. The molecule has 5 nitrogen and oxygen atoms in total. The van der Waals surface area contributed by atoms with Crippen molar-refractivity contribution in [2.75, 3.05) is 11.1 Å². The molecule has 0 aliphatic carbocycles. The van der Waals surface area contributed by atoms with E-state index in [4.69, 9.17) is 16.2 Å². The third-order valence-electron chi connectivity index (χ3n) is 2.00. The van der Waals surface area contributed by atoms with E-state index in [1.807, 2.05) is 0 Å². The van der Waals surface area contributed by atoms with Gasteiger partial charge >= 0.3 is 5.97 Å². The third kappa shape index (κ3) is 3.16. The smallest absolute Gasteiger partial charge is 0.326 e. The molecule has 0 aromatic heterocycles. The summed E-state index contributed by atoms with van der Waals surface area (Å²) < 4.78 is 0. The van der Waals surface area contributed by atoms with Crippen LogP contribution in [0.4, 0.5) is 5.69 Å². The normalized spacial score (nSPS) is 11.8. The molecule has 1 aromatic rings. The minimum atomic E-state index is -0.969. The van der Waals surface area contributed by atoms with Crippen LogP contribution in [0.5, 0.6) is 0 Å². The van der Waals surface area contributed by atoms with Gasteiger partial charge in [0.25, 0.3) is 0 Å². The van der Waals surface area contributed by atoms with Crippen molar-refractivity contribution in [1.82, 2.24) is 0 Å². The van der Waals surface area contributed by atoms with Crippen molar-refractivity contribution in [2.45, 2.75) is 6.04 Å². The van der Waals surface area contributed by atoms with Crippen molar-refractivity contribution >= 4 is 30.1 Å². The largest absolute Gasteiger partial charge is 0.480 e. The molecule has 0 spiro atoms. The Kier molecular flexibility index (Phi) is 4.19. The molecule has 0 amide bonds. The molecule has 16 heavy (non-hydrogen) atoms. The minimum Gasteiger partial charge on any atom is -0.480 e. The van der Waals surface area contributed by atoms with E-state index in [9.17, 15) is 4.79 Å². The number of hydrogen-bond donors (Lipinski definition) is 5. The van der Waals surface area contributed by atoms with Crippen LogP contribution < -0.4 is 11.1 Å². The summed E-state index contributed by atoms with van der Waals surface area (Å²) >= 11 is 3.94. The van der Waals surface area contributed by atoms with Crippen molar-refractivity contribution in [3.05, 3.63) is 29.8 Å². The Morgan fingerprint density at radius 3 is 2.81 bits per heavy atom. The number of aliphatic carboxylic acids is 1. The van der Waals surface area contributed by atoms with Gasteiger partial charge in [-0.05, 0) is 12.1 Å². The summed E-state index contributed by atoms with van der Waals surface area (Å²) in [6.45, 7) is 0. The second-order valence-electron chi connectivity index (χ2n) is 3.21. The minimum absolute atomic E-state index is 0.0543. The van der Waals surface area contributed by atoms with Crippen LogP contribution in [0.3, 0.4) is 0 Å². The standard InChI is InChI=1S/C10H13N3O2S/c11-9(12)6-2-1-3-7(4-6)13-8(5-16)10(14)15/h1-4,8,13,16H,5H2,(H3,11,12)(H,14,15)/t8-/m0/s1. The Bertz CT molecular complexity index is 409. The van der Waals surface area contributed by atoms with Gasteiger partial charge in [-0.2, -0.15) is 12.6 Å². The maximum absolute atomic E-state index is 10.8. The number of amidine groups is 1. The summed E-state index contributed by atoms with van der Waals surface area (Å²) in [4.78, 5) is 10.8. The number of anilines is 1. The molecule has 0 fully saturated rings. The highest BCUT2D eigenvalue weighted by Crippen LogP contribution is 2.12. The molecule has 1 aromatic carbocycles. The highest BCUT2D eigenvalue weighted by atomic mass is 32.1. The van der Waals surface area contributed by atoms with E-state index < -0.39 is 12.0 Å². The lowest BCUT2D eigenvalue weighted by Gasteiger charge is -2.13. The Morgan fingerprint density at radius 2 is 2.31 bits per heavy atom. The van der Waals surface area contributed by atoms with Crippen molar-refractivity contribution in [2.24, 2.45) is 5.73 Å². The molecule has 1 rings (SSSR count). The molecule has 0 saturated heterocycles. The molecular weight excluding hydrogens is 226 g/mol. The van der Waals surface area contributed by atoms with Crippen LogP contribution in [0.1, 0.15) is 5.56 Å². The van der Waals surface area contributed by atoms with Gasteiger partial charge in [0, 0.05) is 17.0 Å². The number of carboxylic acid groups (broad SMARTS) is 1. The first-order chi connectivity index (χ1) is 7.54. The molecule has 0 aliphatic rings. The summed E-state index contributed by atoms with van der Waals surface area (Å²) in [6, 6.07) is 5.97. The van der Waals surface area contributed by atoms with Gasteiger partial charge < -0.3 is 16.2 Å². The fraction of sp³-hybridized carbons (Fsp3) is 0.200. The number of benzene rings is 1. The number of thiol groups is 1. The molecule has 0 heterocycles. The maximum Gasteiger partial charge on any atom is 0.326 e. The van der Waals surface area contributed by atoms with Crippen LogP contribution >= 0.6 is 12.6 Å². The molecular formula is C10H13N3O2S. The second-order valence-corrected chi connectivity index (χ2v) is 3.58. The van der Waals surface area contributed by atoms with Crippen molar-refractivity contribution < 1.29 is 9.90 Å². The number of carbonyl (C=O) groups is 1. The zero-order valence-electron chi connectivity index (χ0n) is 8.47. The van der Waals surface area contributed by atoms with Crippen LogP contribution in [-0.4, -0.2) is 28.7 Å². The van der Waals surface area contributed by atoms with Crippen LogP contribution in [0, 0.1) is 5.41 Å². The second kappa shape index (κ2) is 5.41. The Labute approximate surface area is 98.6 Å². The van der Waals surface area contributed by atoms with Gasteiger partial charge in [-0.15, -0.1) is 0 Å². The zero-order valence-corrected chi connectivity index (χ0v) is 9.37. The van der Waals surface area contributed by atoms with E-state index in [1.165, 1.54) is 0 Å². The van der Waals surface area contributed by atoms with E-state index in [1.54, 1.807) is 24.3 Å². The molecule has 0 saturated carbocycles. The molecule has 5 N–H and O–H groups in total. The van der Waals surface area contributed by atoms with Crippen molar-refractivity contribution in [3.63, 3.8) is 0 Å². The predicted molar refractivity (Wildman–Crippen MR) is 66.4 cm³/mol. The van der Waals surface area contributed by atoms with E-state index in [0.29, 0.717) is 11.3 Å². The van der Waals surface area contributed by atoms with E-state index in [0.717, 1.165) is 0 Å². The average Bonchev–Trinajstić information content (AvgIpc) is 2.25. The molecule has 86 valence electrons.